The number of esters is 1. The highest BCUT2D eigenvalue weighted by molar-refractivity contribution is 5.99. The van der Waals surface area contributed by atoms with Gasteiger partial charge < -0.3 is 19.9 Å². The summed E-state index contributed by atoms with van der Waals surface area (Å²) >= 11 is 0. The summed E-state index contributed by atoms with van der Waals surface area (Å²) in [7, 11) is 0. The number of nitrogens with one attached hydrogen (secondary N) is 2. The van der Waals surface area contributed by atoms with Crippen LogP contribution >= 0.6 is 0 Å². The Labute approximate surface area is 192 Å². The van der Waals surface area contributed by atoms with Gasteiger partial charge in [-0.25, -0.2) is 4.79 Å². The fourth-order valence-electron chi connectivity index (χ4n) is 3.79. The first-order valence-corrected chi connectivity index (χ1v) is 11.0. The van der Waals surface area contributed by atoms with Gasteiger partial charge in [-0.15, -0.1) is 0 Å². The minimum Gasteiger partial charge on any atom is -0.452 e. The fraction of sp³-hybridized carbons (Fsp3) is 0.269. The van der Waals surface area contributed by atoms with E-state index in [1.54, 1.807) is 30.3 Å². The first kappa shape index (κ1) is 22.3. The van der Waals surface area contributed by atoms with E-state index in [0.29, 0.717) is 16.8 Å². The predicted octanol–water partition coefficient (Wildman–Crippen LogP) is 4.09. The van der Waals surface area contributed by atoms with Crippen LogP contribution in [0.5, 0.6) is 0 Å². The number of benzene rings is 2. The molecule has 3 aromatic rings. The topological polar surface area (TPSA) is 89.4 Å². The van der Waals surface area contributed by atoms with Crippen molar-refractivity contribution in [1.29, 1.82) is 0 Å². The zero-order valence-corrected chi connectivity index (χ0v) is 19.0. The number of aromatic nitrogens is 1. The van der Waals surface area contributed by atoms with Crippen LogP contribution in [-0.2, 0) is 9.53 Å². The SMILES string of the molecule is Cc1ccccc1-n1c(C)cc(C(=O)OCC(=O)Nc2cccc(C(=O)NC3CC3)c2)c1C. The van der Waals surface area contributed by atoms with E-state index in [-0.39, 0.29) is 11.9 Å². The maximum atomic E-state index is 12.7. The lowest BCUT2D eigenvalue weighted by molar-refractivity contribution is -0.119. The molecule has 1 saturated carbocycles. The van der Waals surface area contributed by atoms with Crippen molar-refractivity contribution in [1.82, 2.24) is 9.88 Å². The van der Waals surface area contributed by atoms with Crippen LogP contribution in [0.1, 0.15) is 50.5 Å². The number of carbonyl (C=O) groups is 3. The minimum atomic E-state index is -0.560. The Kier molecular flexibility index (Phi) is 6.31. The Morgan fingerprint density at radius 2 is 1.76 bits per heavy atom. The van der Waals surface area contributed by atoms with Crippen molar-refractivity contribution in [2.75, 3.05) is 11.9 Å². The molecule has 0 unspecified atom stereocenters. The zero-order valence-electron chi connectivity index (χ0n) is 19.0. The van der Waals surface area contributed by atoms with Gasteiger partial charge in [-0.3, -0.25) is 9.59 Å². The number of carbonyl (C=O) groups excluding carboxylic acids is 3. The van der Waals surface area contributed by atoms with Gasteiger partial charge in [0, 0.05) is 34.4 Å². The second kappa shape index (κ2) is 9.32. The molecule has 2 aromatic carbocycles. The molecular weight excluding hydrogens is 418 g/mol. The number of hydrogen-bond donors (Lipinski definition) is 2. The van der Waals surface area contributed by atoms with E-state index in [4.69, 9.17) is 4.74 Å². The zero-order chi connectivity index (χ0) is 23.5. The Hall–Kier alpha value is -3.87. The summed E-state index contributed by atoms with van der Waals surface area (Å²) in [5.41, 5.74) is 5.10. The summed E-state index contributed by atoms with van der Waals surface area (Å²) in [6, 6.07) is 16.6. The molecule has 170 valence electrons. The highest BCUT2D eigenvalue weighted by atomic mass is 16.5. The van der Waals surface area contributed by atoms with Crippen LogP contribution in [0.4, 0.5) is 5.69 Å². The molecule has 0 radical (unpaired) electrons. The highest BCUT2D eigenvalue weighted by Gasteiger charge is 2.24. The maximum absolute atomic E-state index is 12.7. The second-order valence-electron chi connectivity index (χ2n) is 8.36. The lowest BCUT2D eigenvalue weighted by Crippen LogP contribution is -2.25. The molecule has 0 spiro atoms. The average Bonchev–Trinajstić information content (AvgIpc) is 3.56. The standard InChI is InChI=1S/C26H27N3O4/c1-16-7-4-5-10-23(16)29-17(2)13-22(18(29)3)26(32)33-15-24(30)27-21-9-6-8-19(14-21)25(31)28-20-11-12-20/h4-10,13-14,20H,11-12,15H2,1-3H3,(H,27,30)(H,28,31). The molecule has 0 atom stereocenters. The van der Waals surface area contributed by atoms with E-state index < -0.39 is 18.5 Å². The first-order valence-electron chi connectivity index (χ1n) is 11.0. The number of hydrogen-bond acceptors (Lipinski definition) is 4. The molecule has 2 amide bonds. The van der Waals surface area contributed by atoms with Crippen LogP contribution in [0.25, 0.3) is 5.69 Å². The van der Waals surface area contributed by atoms with Gasteiger partial charge in [0.2, 0.25) is 0 Å². The number of amides is 2. The average molecular weight is 446 g/mol. The van der Waals surface area contributed by atoms with Gasteiger partial charge in [-0.2, -0.15) is 0 Å². The van der Waals surface area contributed by atoms with E-state index in [9.17, 15) is 14.4 Å². The van der Waals surface area contributed by atoms with Crippen LogP contribution in [0.2, 0.25) is 0 Å². The molecular formula is C26H27N3O4. The number of rotatable bonds is 7. The maximum Gasteiger partial charge on any atom is 0.340 e. The number of para-hydroxylation sites is 1. The van der Waals surface area contributed by atoms with Gasteiger partial charge in [0.15, 0.2) is 6.61 Å². The number of anilines is 1. The summed E-state index contributed by atoms with van der Waals surface area (Å²) in [5.74, 6) is -1.20. The van der Waals surface area contributed by atoms with Crippen LogP contribution in [0, 0.1) is 20.8 Å². The molecule has 1 aromatic heterocycles. The molecule has 0 saturated heterocycles. The molecule has 0 aliphatic heterocycles. The third-order valence-electron chi connectivity index (χ3n) is 5.66. The largest absolute Gasteiger partial charge is 0.452 e. The van der Waals surface area contributed by atoms with Crippen LogP contribution in [0.15, 0.2) is 54.6 Å². The van der Waals surface area contributed by atoms with E-state index in [1.165, 1.54) is 0 Å². The molecule has 2 N–H and O–H groups in total. The monoisotopic (exact) mass is 445 g/mol. The van der Waals surface area contributed by atoms with Crippen molar-refractivity contribution in [3.8, 4) is 5.69 Å². The van der Waals surface area contributed by atoms with Crippen molar-refractivity contribution in [3.63, 3.8) is 0 Å². The molecule has 0 bridgehead atoms. The Balaban J connectivity index is 1.38. The lowest BCUT2D eigenvalue weighted by Gasteiger charge is -2.12. The van der Waals surface area contributed by atoms with Gasteiger partial charge >= 0.3 is 5.97 Å². The van der Waals surface area contributed by atoms with Crippen LogP contribution in [0.3, 0.4) is 0 Å². The fourth-order valence-corrected chi connectivity index (χ4v) is 3.79. The highest BCUT2D eigenvalue weighted by Crippen LogP contribution is 2.24. The van der Waals surface area contributed by atoms with Crippen molar-refractivity contribution < 1.29 is 19.1 Å². The Morgan fingerprint density at radius 3 is 2.48 bits per heavy atom. The smallest absolute Gasteiger partial charge is 0.340 e. The van der Waals surface area contributed by atoms with E-state index in [2.05, 4.69) is 10.6 Å². The molecule has 1 fully saturated rings. The van der Waals surface area contributed by atoms with Gasteiger partial charge in [-0.1, -0.05) is 24.3 Å². The van der Waals surface area contributed by atoms with Crippen LogP contribution < -0.4 is 10.6 Å². The van der Waals surface area contributed by atoms with Gasteiger partial charge in [0.05, 0.1) is 5.56 Å². The molecule has 1 aliphatic carbocycles. The Bertz CT molecular complexity index is 1220. The summed E-state index contributed by atoms with van der Waals surface area (Å²) < 4.78 is 7.28. The summed E-state index contributed by atoms with van der Waals surface area (Å²) in [6.45, 7) is 5.37. The quantitative estimate of drug-likeness (QED) is 0.536. The number of aryl methyl sites for hydroxylation is 2. The Morgan fingerprint density at radius 1 is 1.00 bits per heavy atom. The van der Waals surface area contributed by atoms with Crippen molar-refractivity contribution in [2.24, 2.45) is 0 Å². The van der Waals surface area contributed by atoms with E-state index in [1.807, 2.05) is 49.6 Å². The van der Waals surface area contributed by atoms with Gasteiger partial charge in [0.1, 0.15) is 0 Å². The molecule has 1 aliphatic rings. The third kappa shape index (κ3) is 5.14. The summed E-state index contributed by atoms with van der Waals surface area (Å²) in [4.78, 5) is 37.2. The summed E-state index contributed by atoms with van der Waals surface area (Å²) in [5, 5.41) is 5.59. The second-order valence-corrected chi connectivity index (χ2v) is 8.36. The van der Waals surface area contributed by atoms with Gasteiger partial charge in [-0.05, 0) is 69.5 Å². The minimum absolute atomic E-state index is 0.163. The molecule has 7 nitrogen and oxygen atoms in total. The molecule has 4 rings (SSSR count). The number of nitrogens with zero attached hydrogens (tertiary/aromatic N) is 1. The predicted molar refractivity (Wildman–Crippen MR) is 126 cm³/mol. The van der Waals surface area contributed by atoms with E-state index >= 15 is 0 Å². The van der Waals surface area contributed by atoms with Crippen molar-refractivity contribution in [2.45, 2.75) is 39.7 Å². The summed E-state index contributed by atoms with van der Waals surface area (Å²) in [6.07, 6.45) is 2.00. The molecule has 7 heteroatoms. The van der Waals surface area contributed by atoms with Crippen molar-refractivity contribution in [3.05, 3.63) is 82.7 Å². The van der Waals surface area contributed by atoms with Gasteiger partial charge in [0.25, 0.3) is 11.8 Å². The van der Waals surface area contributed by atoms with Crippen LogP contribution in [-0.4, -0.2) is 35.0 Å². The molecule has 1 heterocycles. The molecule has 33 heavy (non-hydrogen) atoms. The number of ether oxygens (including phenoxy) is 1. The van der Waals surface area contributed by atoms with Crippen molar-refractivity contribution >= 4 is 23.5 Å². The normalized spacial score (nSPS) is 12.8. The third-order valence-corrected chi connectivity index (χ3v) is 5.66. The lowest BCUT2D eigenvalue weighted by atomic mass is 10.2. The first-order chi connectivity index (χ1) is 15.8. The van der Waals surface area contributed by atoms with E-state index in [0.717, 1.165) is 35.5 Å².